The largest absolute Gasteiger partial charge is 0.462 e. The molecule has 10 atom stereocenters. The summed E-state index contributed by atoms with van der Waals surface area (Å²) in [7, 11) is 0. The van der Waals surface area contributed by atoms with Crippen LogP contribution >= 0.6 is 0 Å². The number of ether oxygens (including phenoxy) is 5. The van der Waals surface area contributed by atoms with Crippen LogP contribution in [0.25, 0.3) is 0 Å². The average Bonchev–Trinajstić information content (AvgIpc) is 3.40. The molecular formula is C28H40O10. The second-order valence-electron chi connectivity index (χ2n) is 11.7. The van der Waals surface area contributed by atoms with Crippen LogP contribution in [-0.4, -0.2) is 70.7 Å². The van der Waals surface area contributed by atoms with Crippen molar-refractivity contribution in [3.05, 3.63) is 11.6 Å². The first-order valence-electron chi connectivity index (χ1n) is 13.5. The van der Waals surface area contributed by atoms with Gasteiger partial charge < -0.3 is 28.8 Å². The monoisotopic (exact) mass is 536 g/mol. The summed E-state index contributed by atoms with van der Waals surface area (Å²) in [6.45, 7) is 11.7. The minimum absolute atomic E-state index is 0.173. The minimum Gasteiger partial charge on any atom is -0.462 e. The maximum Gasteiger partial charge on any atom is 0.342 e. The summed E-state index contributed by atoms with van der Waals surface area (Å²) in [6, 6.07) is 0. The second kappa shape index (κ2) is 9.93. The van der Waals surface area contributed by atoms with Gasteiger partial charge in [-0.05, 0) is 45.1 Å². The molecule has 0 amide bonds. The maximum absolute atomic E-state index is 12.9. The Morgan fingerprint density at radius 3 is 2.32 bits per heavy atom. The number of rotatable bonds is 5. The van der Waals surface area contributed by atoms with E-state index in [9.17, 15) is 24.3 Å². The number of allylic oxidation sites excluding steroid dienone is 1. The number of aliphatic hydroxyl groups is 1. The SMILES string of the molecule is CCCC(=O)O[C@H]1C[C@H](OC(C)=O)[C@@]2(C)[C@H]([C@H]1C)[C@H](O)[C@]13O[C@@]1(C)C(=O)O[C@H]3/C=C(/C)CC[C@@H]2OC(C)=O. The Balaban J connectivity index is 1.89. The van der Waals surface area contributed by atoms with Gasteiger partial charge in [-0.1, -0.05) is 26.3 Å². The molecule has 38 heavy (non-hydrogen) atoms. The lowest BCUT2D eigenvalue weighted by molar-refractivity contribution is -0.230. The van der Waals surface area contributed by atoms with Gasteiger partial charge in [-0.15, -0.1) is 0 Å². The first-order valence-corrected chi connectivity index (χ1v) is 13.5. The molecule has 4 aliphatic rings. The summed E-state index contributed by atoms with van der Waals surface area (Å²) in [6.07, 6.45) is -0.751. The van der Waals surface area contributed by atoms with Gasteiger partial charge in [-0.25, -0.2) is 4.79 Å². The van der Waals surface area contributed by atoms with Crippen molar-refractivity contribution in [1.82, 2.24) is 0 Å². The van der Waals surface area contributed by atoms with Gasteiger partial charge in [0.1, 0.15) is 18.3 Å². The van der Waals surface area contributed by atoms with E-state index in [1.807, 2.05) is 27.7 Å². The fourth-order valence-electron chi connectivity index (χ4n) is 7.20. The van der Waals surface area contributed by atoms with E-state index in [4.69, 9.17) is 23.7 Å². The van der Waals surface area contributed by atoms with Crippen LogP contribution in [0.1, 0.15) is 80.6 Å². The summed E-state index contributed by atoms with van der Waals surface area (Å²) in [5.41, 5.74) is -2.99. The van der Waals surface area contributed by atoms with Crippen molar-refractivity contribution >= 4 is 23.9 Å². The molecule has 0 aromatic heterocycles. The highest BCUT2D eigenvalue weighted by molar-refractivity contribution is 5.88. The fraction of sp³-hybridized carbons (Fsp3) is 0.786. The van der Waals surface area contributed by atoms with E-state index in [1.54, 1.807) is 13.0 Å². The standard InChI is InChI=1S/C28H40O10/c1-8-9-22(31)36-18-13-20(35-17(5)30)26(6)19(34-16(4)29)11-10-14(2)12-21-28(24(32)23(26)15(18)3)27(7,38-28)25(33)37-21/h12,15,18-21,23-24,32H,8-11,13H2,1-7H3/b14-12-/t15-,18-,19-,20-,21-,23+,24-,26-,27-,28-/m0/s1. The van der Waals surface area contributed by atoms with Gasteiger partial charge in [0.15, 0.2) is 17.3 Å². The number of esters is 4. The number of fused-ring (bicyclic) bond motifs is 1. The highest BCUT2D eigenvalue weighted by Crippen LogP contribution is 2.65. The number of hydrogen-bond acceptors (Lipinski definition) is 10. The summed E-state index contributed by atoms with van der Waals surface area (Å²) in [5, 5.41) is 12.3. The predicted molar refractivity (Wildman–Crippen MR) is 132 cm³/mol. The van der Waals surface area contributed by atoms with E-state index in [2.05, 4.69) is 0 Å². The first kappa shape index (κ1) is 28.5. The van der Waals surface area contributed by atoms with Crippen LogP contribution < -0.4 is 0 Å². The number of aliphatic hydroxyl groups excluding tert-OH is 1. The zero-order chi connectivity index (χ0) is 28.2. The van der Waals surface area contributed by atoms with Crippen LogP contribution in [0, 0.1) is 17.3 Å². The van der Waals surface area contributed by atoms with Crippen molar-refractivity contribution in [2.24, 2.45) is 17.3 Å². The number of hydrogen-bond donors (Lipinski definition) is 1. The summed E-state index contributed by atoms with van der Waals surface area (Å²) in [5.74, 6) is -3.23. The summed E-state index contributed by atoms with van der Waals surface area (Å²) >= 11 is 0. The Hall–Kier alpha value is -2.46. The molecule has 2 saturated heterocycles. The molecule has 2 heterocycles. The van der Waals surface area contributed by atoms with E-state index in [-0.39, 0.29) is 18.8 Å². The quantitative estimate of drug-likeness (QED) is 0.242. The van der Waals surface area contributed by atoms with E-state index in [0.29, 0.717) is 19.3 Å². The van der Waals surface area contributed by atoms with Crippen LogP contribution in [0.15, 0.2) is 11.6 Å². The van der Waals surface area contributed by atoms with Gasteiger partial charge in [0.25, 0.3) is 0 Å². The lowest BCUT2D eigenvalue weighted by Crippen LogP contribution is -2.65. The molecule has 10 nitrogen and oxygen atoms in total. The van der Waals surface area contributed by atoms with E-state index >= 15 is 0 Å². The van der Waals surface area contributed by atoms with Crippen molar-refractivity contribution < 1.29 is 48.0 Å². The van der Waals surface area contributed by atoms with Gasteiger partial charge in [0.05, 0.1) is 6.10 Å². The molecule has 1 N–H and O–H groups in total. The molecule has 0 aromatic rings. The normalized spacial score (nSPS) is 45.2. The smallest absolute Gasteiger partial charge is 0.342 e. The maximum atomic E-state index is 12.9. The molecule has 10 heteroatoms. The zero-order valence-corrected chi connectivity index (χ0v) is 23.3. The van der Waals surface area contributed by atoms with Crippen LogP contribution in [0.5, 0.6) is 0 Å². The molecule has 0 aromatic carbocycles. The molecule has 1 spiro atoms. The lowest BCUT2D eigenvalue weighted by Gasteiger charge is -2.56. The molecular weight excluding hydrogens is 496 g/mol. The van der Waals surface area contributed by atoms with Crippen molar-refractivity contribution in [2.45, 2.75) is 122 Å². The number of carbonyl (C=O) groups is 4. The molecule has 2 aliphatic heterocycles. The Kier molecular flexibility index (Phi) is 7.46. The molecule has 0 unspecified atom stereocenters. The predicted octanol–water partition coefficient (Wildman–Crippen LogP) is 2.78. The van der Waals surface area contributed by atoms with Gasteiger partial charge in [-0.3, -0.25) is 14.4 Å². The molecule has 3 fully saturated rings. The van der Waals surface area contributed by atoms with Crippen molar-refractivity contribution in [3.8, 4) is 0 Å². The molecule has 0 radical (unpaired) electrons. The molecule has 2 aliphatic carbocycles. The number of epoxide rings is 1. The molecule has 4 rings (SSSR count). The third-order valence-corrected chi connectivity index (χ3v) is 9.20. The Bertz CT molecular complexity index is 1040. The average molecular weight is 537 g/mol. The first-order chi connectivity index (χ1) is 17.7. The Labute approximate surface area is 223 Å². The Morgan fingerprint density at radius 1 is 1.11 bits per heavy atom. The Morgan fingerprint density at radius 2 is 1.74 bits per heavy atom. The van der Waals surface area contributed by atoms with E-state index in [0.717, 1.165) is 5.57 Å². The lowest BCUT2D eigenvalue weighted by atomic mass is 9.53. The third-order valence-electron chi connectivity index (χ3n) is 9.20. The van der Waals surface area contributed by atoms with Gasteiger partial charge in [-0.2, -0.15) is 0 Å². The third kappa shape index (κ3) is 4.33. The van der Waals surface area contributed by atoms with Gasteiger partial charge >= 0.3 is 23.9 Å². The van der Waals surface area contributed by atoms with E-state index in [1.165, 1.54) is 13.8 Å². The fourth-order valence-corrected chi connectivity index (χ4v) is 7.20. The summed E-state index contributed by atoms with van der Waals surface area (Å²) in [4.78, 5) is 50.1. The topological polar surface area (TPSA) is 138 Å². The highest BCUT2D eigenvalue weighted by atomic mass is 16.7. The van der Waals surface area contributed by atoms with Crippen LogP contribution in [0.4, 0.5) is 0 Å². The van der Waals surface area contributed by atoms with Gasteiger partial charge in [0, 0.05) is 38.0 Å². The molecule has 1 saturated carbocycles. The van der Waals surface area contributed by atoms with Crippen molar-refractivity contribution in [3.63, 3.8) is 0 Å². The van der Waals surface area contributed by atoms with Crippen molar-refractivity contribution in [1.29, 1.82) is 0 Å². The number of carbonyl (C=O) groups excluding carboxylic acids is 4. The van der Waals surface area contributed by atoms with Crippen molar-refractivity contribution in [2.75, 3.05) is 0 Å². The second-order valence-corrected chi connectivity index (χ2v) is 11.7. The highest BCUT2D eigenvalue weighted by Gasteiger charge is 2.86. The molecule has 212 valence electrons. The minimum atomic E-state index is -1.39. The molecule has 0 bridgehead atoms. The van der Waals surface area contributed by atoms with Gasteiger partial charge in [0.2, 0.25) is 0 Å². The van der Waals surface area contributed by atoms with Crippen LogP contribution in [0.2, 0.25) is 0 Å². The summed E-state index contributed by atoms with van der Waals surface area (Å²) < 4.78 is 29.4. The van der Waals surface area contributed by atoms with Crippen LogP contribution in [0.3, 0.4) is 0 Å². The van der Waals surface area contributed by atoms with E-state index < -0.39 is 76.9 Å². The van der Waals surface area contributed by atoms with Crippen LogP contribution in [-0.2, 0) is 42.9 Å². The zero-order valence-electron chi connectivity index (χ0n) is 23.3.